The van der Waals surface area contributed by atoms with Gasteiger partial charge in [0.15, 0.2) is 28.1 Å². The zero-order chi connectivity index (χ0) is 34.8. The molecule has 4 aromatic rings. The second-order valence-corrected chi connectivity index (χ2v) is 12.9. The quantitative estimate of drug-likeness (QED) is 0.187. The Bertz CT molecular complexity index is 1980. The van der Waals surface area contributed by atoms with Gasteiger partial charge >= 0.3 is 0 Å². The van der Waals surface area contributed by atoms with Crippen LogP contribution in [0.4, 0.5) is 10.8 Å². The maximum Gasteiger partial charge on any atom is 0.248 e. The summed E-state index contributed by atoms with van der Waals surface area (Å²) < 4.78 is 28.1. The number of rotatable bonds is 10. The van der Waals surface area contributed by atoms with Gasteiger partial charge in [0, 0.05) is 23.4 Å². The number of nitrogens with one attached hydrogen (secondary N) is 3. The summed E-state index contributed by atoms with van der Waals surface area (Å²) in [6.07, 6.45) is 1.11. The van der Waals surface area contributed by atoms with Crippen LogP contribution in [0.25, 0.3) is 22.4 Å². The van der Waals surface area contributed by atoms with Crippen molar-refractivity contribution in [3.8, 4) is 51.1 Å². The number of ether oxygens (including phenoxy) is 5. The van der Waals surface area contributed by atoms with E-state index in [0.717, 1.165) is 16.7 Å². The third-order valence-electron chi connectivity index (χ3n) is 8.58. The monoisotopic (exact) mass is 686 g/mol. The molecule has 6 rings (SSSR count). The summed E-state index contributed by atoms with van der Waals surface area (Å²) in [5.41, 5.74) is 4.38. The summed E-state index contributed by atoms with van der Waals surface area (Å²) >= 11 is 1.30. The van der Waals surface area contributed by atoms with Crippen LogP contribution in [0.1, 0.15) is 44.4 Å². The first kappa shape index (κ1) is 33.6. The van der Waals surface area contributed by atoms with E-state index < -0.39 is 12.1 Å². The second kappa shape index (κ2) is 14.0. The van der Waals surface area contributed by atoms with E-state index in [0.29, 0.717) is 63.5 Å². The van der Waals surface area contributed by atoms with Gasteiger partial charge in [-0.15, -0.1) is 11.3 Å². The lowest BCUT2D eigenvalue weighted by atomic mass is 9.95. The largest absolute Gasteiger partial charge is 0.493 e. The molecule has 2 atom stereocenters. The smallest absolute Gasteiger partial charge is 0.248 e. The molecular weight excluding hydrogens is 648 g/mol. The molecule has 12 nitrogen and oxygen atoms in total. The van der Waals surface area contributed by atoms with Crippen LogP contribution in [0.5, 0.6) is 28.7 Å². The van der Waals surface area contributed by atoms with Crippen molar-refractivity contribution in [3.63, 3.8) is 0 Å². The molecule has 0 saturated carbocycles. The third kappa shape index (κ3) is 6.71. The molecule has 0 unspecified atom stereocenters. The van der Waals surface area contributed by atoms with Gasteiger partial charge in [0.25, 0.3) is 0 Å². The number of benzene rings is 2. The van der Waals surface area contributed by atoms with Gasteiger partial charge < -0.3 is 39.6 Å². The van der Waals surface area contributed by atoms with Crippen molar-refractivity contribution in [1.29, 1.82) is 0 Å². The predicted octanol–water partition coefficient (Wildman–Crippen LogP) is 5.79. The van der Waals surface area contributed by atoms with Crippen molar-refractivity contribution in [1.82, 2.24) is 10.3 Å². The molecule has 0 spiro atoms. The van der Waals surface area contributed by atoms with Gasteiger partial charge in [0.1, 0.15) is 6.04 Å². The van der Waals surface area contributed by atoms with E-state index in [2.05, 4.69) is 20.9 Å². The molecule has 1 aliphatic carbocycles. The minimum atomic E-state index is -0.773. The van der Waals surface area contributed by atoms with E-state index in [-0.39, 0.29) is 35.6 Å². The van der Waals surface area contributed by atoms with Gasteiger partial charge in [-0.05, 0) is 71.8 Å². The van der Waals surface area contributed by atoms with Crippen LogP contribution in [-0.4, -0.2) is 51.0 Å². The summed E-state index contributed by atoms with van der Waals surface area (Å²) in [5, 5.41) is 11.4. The Kier molecular flexibility index (Phi) is 9.63. The van der Waals surface area contributed by atoms with Crippen LogP contribution >= 0.6 is 11.3 Å². The van der Waals surface area contributed by atoms with Crippen molar-refractivity contribution in [3.05, 3.63) is 69.2 Å². The summed E-state index contributed by atoms with van der Waals surface area (Å²) in [4.78, 5) is 44.5. The molecule has 256 valence electrons. The van der Waals surface area contributed by atoms with Crippen LogP contribution in [0, 0.1) is 5.92 Å². The molecule has 0 radical (unpaired) electrons. The Balaban J connectivity index is 1.34. The van der Waals surface area contributed by atoms with Crippen LogP contribution in [-0.2, 0) is 16.0 Å². The summed E-state index contributed by atoms with van der Waals surface area (Å²) in [7, 11) is 4.65. The molecule has 13 heteroatoms. The summed E-state index contributed by atoms with van der Waals surface area (Å²) in [5.74, 6) is 1.95. The number of aryl methyl sites for hydroxylation is 1. The summed E-state index contributed by atoms with van der Waals surface area (Å²) in [6, 6.07) is 11.2. The fourth-order valence-electron chi connectivity index (χ4n) is 6.23. The zero-order valence-corrected chi connectivity index (χ0v) is 28.9. The highest BCUT2D eigenvalue weighted by atomic mass is 32.1. The number of thiazole rings is 1. The maximum absolute atomic E-state index is 13.9. The topological polar surface area (TPSA) is 146 Å². The van der Waals surface area contributed by atoms with E-state index in [4.69, 9.17) is 23.7 Å². The van der Waals surface area contributed by atoms with Gasteiger partial charge in [-0.3, -0.25) is 14.4 Å². The number of hydrogen-bond acceptors (Lipinski definition) is 11. The van der Waals surface area contributed by atoms with E-state index in [1.54, 1.807) is 20.3 Å². The van der Waals surface area contributed by atoms with Crippen LogP contribution in [0.15, 0.2) is 52.6 Å². The fourth-order valence-corrected chi connectivity index (χ4v) is 6.95. The highest BCUT2D eigenvalue weighted by molar-refractivity contribution is 7.14. The van der Waals surface area contributed by atoms with E-state index in [1.165, 1.54) is 31.4 Å². The molecule has 2 amide bonds. The number of methoxy groups -OCH3 is 3. The first-order valence-electron chi connectivity index (χ1n) is 15.8. The molecule has 1 aliphatic heterocycles. The molecule has 0 bridgehead atoms. The number of hydrogen-bond donors (Lipinski definition) is 3. The first-order valence-corrected chi connectivity index (χ1v) is 16.7. The van der Waals surface area contributed by atoms with E-state index >= 15 is 0 Å². The minimum absolute atomic E-state index is 0.176. The predicted molar refractivity (Wildman–Crippen MR) is 187 cm³/mol. The number of amides is 2. The molecule has 0 saturated heterocycles. The molecular formula is C36H38N4O8S. The minimum Gasteiger partial charge on any atom is -0.493 e. The van der Waals surface area contributed by atoms with Crippen molar-refractivity contribution in [2.24, 2.45) is 5.92 Å². The number of aromatic nitrogens is 1. The van der Waals surface area contributed by atoms with Crippen molar-refractivity contribution < 1.29 is 33.3 Å². The fraction of sp³-hybridized carbons (Fsp3) is 0.333. The lowest BCUT2D eigenvalue weighted by molar-refractivity contribution is -0.120. The molecule has 1 aromatic heterocycles. The Morgan fingerprint density at radius 3 is 2.47 bits per heavy atom. The second-order valence-electron chi connectivity index (χ2n) is 12.1. The van der Waals surface area contributed by atoms with Crippen molar-refractivity contribution in [2.45, 2.75) is 45.7 Å². The number of nitrogens with zero attached hydrogens (tertiary/aromatic N) is 1. The Morgan fingerprint density at radius 2 is 1.76 bits per heavy atom. The van der Waals surface area contributed by atoms with Crippen molar-refractivity contribution >= 4 is 34.0 Å². The molecule has 2 aliphatic rings. The van der Waals surface area contributed by atoms with Crippen LogP contribution < -0.4 is 45.1 Å². The maximum atomic E-state index is 13.9. The van der Waals surface area contributed by atoms with Gasteiger partial charge in [0.05, 0.1) is 38.8 Å². The number of carbonyl (C=O) groups excluding carboxylic acids is 2. The SMILES string of the molecule is COc1cc2c(c(OC)c1OC)-c1ccc(N[C@H](C(=O)Nc3nc(-c4ccc5c(c4)OCO5)cs3)C(C)C)c(=O)cc1[C@@H](NC(C)=O)CC2. The average molecular weight is 687 g/mol. The van der Waals surface area contributed by atoms with Crippen LogP contribution in [0.3, 0.4) is 0 Å². The Morgan fingerprint density at radius 1 is 0.980 bits per heavy atom. The van der Waals surface area contributed by atoms with E-state index in [9.17, 15) is 14.4 Å². The standard InChI is InChI=1S/C36H38N4O8S/c1-18(2)32(35(43)40-36-39-26(16-49-36)20-8-12-28-29(13-20)48-17-47-28)38-25-11-9-22-23(15-27(25)42)24(37-19(3)41)10-7-21-14-30(44-4)33(45-5)34(46-6)31(21)22/h8-9,11-16,18,24,32H,7,10,17H2,1-6H3,(H,37,41)(H,38,42)(H,39,40,43)/t24-,32-/m0/s1. The van der Waals surface area contributed by atoms with E-state index in [1.807, 2.05) is 49.6 Å². The first-order chi connectivity index (χ1) is 23.6. The molecule has 3 N–H and O–H groups in total. The van der Waals surface area contributed by atoms with Crippen LogP contribution in [0.2, 0.25) is 0 Å². The highest BCUT2D eigenvalue weighted by Crippen LogP contribution is 2.50. The van der Waals surface area contributed by atoms with Gasteiger partial charge in [-0.25, -0.2) is 4.98 Å². The Hall–Kier alpha value is -5.30. The lowest BCUT2D eigenvalue weighted by Crippen LogP contribution is -2.39. The molecule has 2 heterocycles. The average Bonchev–Trinajstić information content (AvgIpc) is 3.69. The Labute approximate surface area is 287 Å². The van der Waals surface area contributed by atoms with Gasteiger partial charge in [-0.2, -0.15) is 0 Å². The number of carbonyl (C=O) groups is 2. The highest BCUT2D eigenvalue weighted by Gasteiger charge is 2.30. The molecule has 49 heavy (non-hydrogen) atoms. The van der Waals surface area contributed by atoms with Gasteiger partial charge in [-0.1, -0.05) is 19.9 Å². The number of fused-ring (bicyclic) bond motifs is 4. The zero-order valence-electron chi connectivity index (χ0n) is 28.1. The normalized spacial score (nSPS) is 15.0. The molecule has 0 fully saturated rings. The number of anilines is 2. The third-order valence-corrected chi connectivity index (χ3v) is 9.34. The summed E-state index contributed by atoms with van der Waals surface area (Å²) in [6.45, 7) is 5.42. The van der Waals surface area contributed by atoms with Crippen molar-refractivity contribution in [2.75, 3.05) is 38.8 Å². The van der Waals surface area contributed by atoms with Gasteiger partial charge in [0.2, 0.25) is 29.8 Å². The molecule has 3 aromatic carbocycles. The lowest BCUT2D eigenvalue weighted by Gasteiger charge is -2.21.